The van der Waals surface area contributed by atoms with E-state index in [1.807, 2.05) is 13.8 Å². The van der Waals surface area contributed by atoms with Crippen molar-refractivity contribution < 1.29 is 4.42 Å². The Balaban J connectivity index is 2.23. The molecule has 0 amide bonds. The molecule has 18 heavy (non-hydrogen) atoms. The van der Waals surface area contributed by atoms with Crippen molar-refractivity contribution in [2.75, 3.05) is 5.32 Å². The molecule has 0 spiro atoms. The van der Waals surface area contributed by atoms with E-state index >= 15 is 0 Å². The van der Waals surface area contributed by atoms with E-state index in [1.165, 1.54) is 11.1 Å². The predicted octanol–water partition coefficient (Wildman–Crippen LogP) is 5.14. The summed E-state index contributed by atoms with van der Waals surface area (Å²) in [5.74, 6) is 1.95. The molecule has 0 bridgehead atoms. The van der Waals surface area contributed by atoms with Gasteiger partial charge in [-0.3, -0.25) is 0 Å². The second-order valence-corrected chi connectivity index (χ2v) is 5.61. The third-order valence-corrected chi connectivity index (χ3v) is 3.61. The van der Waals surface area contributed by atoms with Crippen molar-refractivity contribution in [2.45, 2.75) is 33.7 Å². The number of benzene rings is 1. The molecule has 2 aromatic rings. The van der Waals surface area contributed by atoms with Crippen molar-refractivity contribution in [1.29, 1.82) is 0 Å². The van der Waals surface area contributed by atoms with Gasteiger partial charge < -0.3 is 9.73 Å². The molecule has 0 saturated carbocycles. The highest BCUT2D eigenvalue weighted by atomic mass is 79.9. The van der Waals surface area contributed by atoms with Gasteiger partial charge in [-0.05, 0) is 51.5 Å². The minimum Gasteiger partial charge on any atom is -0.466 e. The monoisotopic (exact) mass is 307 g/mol. The SMILES string of the molecule is Cc1cc(C(C)Nc2cc(Br)ccc2C)c(C)o1. The zero-order chi connectivity index (χ0) is 13.3. The van der Waals surface area contributed by atoms with Gasteiger partial charge in [-0.25, -0.2) is 0 Å². The van der Waals surface area contributed by atoms with Crippen LogP contribution in [0.15, 0.2) is 33.2 Å². The summed E-state index contributed by atoms with van der Waals surface area (Å²) in [6.07, 6.45) is 0. The van der Waals surface area contributed by atoms with E-state index in [2.05, 4.69) is 59.4 Å². The van der Waals surface area contributed by atoms with Gasteiger partial charge in [0.1, 0.15) is 11.5 Å². The molecule has 3 heteroatoms. The Morgan fingerprint density at radius 1 is 1.17 bits per heavy atom. The lowest BCUT2D eigenvalue weighted by molar-refractivity contribution is 0.500. The van der Waals surface area contributed by atoms with E-state index in [9.17, 15) is 0 Å². The summed E-state index contributed by atoms with van der Waals surface area (Å²) in [4.78, 5) is 0. The molecule has 0 aliphatic carbocycles. The van der Waals surface area contributed by atoms with Crippen LogP contribution >= 0.6 is 15.9 Å². The molecular formula is C15H18BrNO. The molecule has 1 aromatic heterocycles. The molecule has 0 saturated heterocycles. The molecule has 2 rings (SSSR count). The first kappa shape index (κ1) is 13.2. The summed E-state index contributed by atoms with van der Waals surface area (Å²) >= 11 is 3.50. The highest BCUT2D eigenvalue weighted by Crippen LogP contribution is 2.28. The minimum atomic E-state index is 0.232. The summed E-state index contributed by atoms with van der Waals surface area (Å²) in [6, 6.07) is 8.59. The van der Waals surface area contributed by atoms with Gasteiger partial charge in [0.05, 0.1) is 6.04 Å². The van der Waals surface area contributed by atoms with Crippen molar-refractivity contribution in [1.82, 2.24) is 0 Å². The molecule has 1 aromatic carbocycles. The van der Waals surface area contributed by atoms with Gasteiger partial charge in [-0.1, -0.05) is 22.0 Å². The van der Waals surface area contributed by atoms with Crippen LogP contribution in [0.1, 0.15) is 35.6 Å². The van der Waals surface area contributed by atoms with Crippen LogP contribution in [0.25, 0.3) is 0 Å². The van der Waals surface area contributed by atoms with Crippen molar-refractivity contribution in [2.24, 2.45) is 0 Å². The molecule has 0 aliphatic heterocycles. The fourth-order valence-electron chi connectivity index (χ4n) is 2.14. The molecule has 2 nitrogen and oxygen atoms in total. The third-order valence-electron chi connectivity index (χ3n) is 3.12. The average molecular weight is 308 g/mol. The summed E-state index contributed by atoms with van der Waals surface area (Å²) in [7, 11) is 0. The molecular weight excluding hydrogens is 290 g/mol. The van der Waals surface area contributed by atoms with Crippen LogP contribution in [-0.2, 0) is 0 Å². The lowest BCUT2D eigenvalue weighted by atomic mass is 10.1. The molecule has 1 atom stereocenters. The van der Waals surface area contributed by atoms with E-state index in [0.29, 0.717) is 0 Å². The first-order valence-electron chi connectivity index (χ1n) is 6.07. The summed E-state index contributed by atoms with van der Waals surface area (Å²) in [6.45, 7) is 8.24. The normalized spacial score (nSPS) is 12.5. The van der Waals surface area contributed by atoms with Gasteiger partial charge in [-0.2, -0.15) is 0 Å². The second kappa shape index (κ2) is 5.19. The van der Waals surface area contributed by atoms with Gasteiger partial charge in [-0.15, -0.1) is 0 Å². The molecule has 1 heterocycles. The van der Waals surface area contributed by atoms with Crippen LogP contribution in [0.4, 0.5) is 5.69 Å². The van der Waals surface area contributed by atoms with Crippen molar-refractivity contribution in [3.05, 3.63) is 51.4 Å². The van der Waals surface area contributed by atoms with Crippen LogP contribution in [0, 0.1) is 20.8 Å². The van der Waals surface area contributed by atoms with E-state index in [1.54, 1.807) is 0 Å². The summed E-state index contributed by atoms with van der Waals surface area (Å²) in [5.41, 5.74) is 3.60. The van der Waals surface area contributed by atoms with Gasteiger partial charge in [0.2, 0.25) is 0 Å². The average Bonchev–Trinajstić information content (AvgIpc) is 2.63. The number of halogens is 1. The molecule has 0 aliphatic rings. The number of hydrogen-bond donors (Lipinski definition) is 1. The highest BCUT2D eigenvalue weighted by molar-refractivity contribution is 9.10. The topological polar surface area (TPSA) is 25.2 Å². The van der Waals surface area contributed by atoms with Crippen LogP contribution in [0.3, 0.4) is 0 Å². The maximum absolute atomic E-state index is 5.58. The number of nitrogens with one attached hydrogen (secondary N) is 1. The Morgan fingerprint density at radius 3 is 2.50 bits per heavy atom. The van der Waals surface area contributed by atoms with E-state index < -0.39 is 0 Å². The molecule has 0 radical (unpaired) electrons. The Bertz CT molecular complexity index is 560. The lowest BCUT2D eigenvalue weighted by Crippen LogP contribution is -2.07. The molecule has 1 unspecified atom stereocenters. The standard InChI is InChI=1S/C15H18BrNO/c1-9-5-6-13(16)8-15(9)17-11(3)14-7-10(2)18-12(14)4/h5-8,11,17H,1-4H3. The molecule has 0 fully saturated rings. The fourth-order valence-corrected chi connectivity index (χ4v) is 2.50. The Kier molecular flexibility index (Phi) is 3.81. The maximum Gasteiger partial charge on any atom is 0.106 e. The quantitative estimate of drug-likeness (QED) is 0.849. The molecule has 96 valence electrons. The first-order valence-corrected chi connectivity index (χ1v) is 6.86. The zero-order valence-electron chi connectivity index (χ0n) is 11.2. The van der Waals surface area contributed by atoms with Gasteiger partial charge in [0.25, 0.3) is 0 Å². The summed E-state index contributed by atoms with van der Waals surface area (Å²) < 4.78 is 6.66. The number of anilines is 1. The Hall–Kier alpha value is -1.22. The second-order valence-electron chi connectivity index (χ2n) is 4.69. The summed E-state index contributed by atoms with van der Waals surface area (Å²) in [5, 5.41) is 3.53. The van der Waals surface area contributed by atoms with Crippen LogP contribution < -0.4 is 5.32 Å². The number of hydrogen-bond acceptors (Lipinski definition) is 2. The fraction of sp³-hybridized carbons (Fsp3) is 0.333. The lowest BCUT2D eigenvalue weighted by Gasteiger charge is -2.17. The molecule has 1 N–H and O–H groups in total. The minimum absolute atomic E-state index is 0.232. The first-order chi connectivity index (χ1) is 8.47. The Labute approximate surface area is 117 Å². The largest absolute Gasteiger partial charge is 0.466 e. The van der Waals surface area contributed by atoms with Crippen LogP contribution in [-0.4, -0.2) is 0 Å². The van der Waals surface area contributed by atoms with E-state index in [4.69, 9.17) is 4.42 Å². The number of furan rings is 1. The van der Waals surface area contributed by atoms with Gasteiger partial charge in [0, 0.05) is 15.7 Å². The smallest absolute Gasteiger partial charge is 0.106 e. The number of rotatable bonds is 3. The van der Waals surface area contributed by atoms with E-state index in [-0.39, 0.29) is 6.04 Å². The van der Waals surface area contributed by atoms with Gasteiger partial charge in [0.15, 0.2) is 0 Å². The third kappa shape index (κ3) is 2.78. The zero-order valence-corrected chi connectivity index (χ0v) is 12.8. The Morgan fingerprint density at radius 2 is 1.89 bits per heavy atom. The maximum atomic E-state index is 5.58. The van der Waals surface area contributed by atoms with Crippen molar-refractivity contribution in [3.63, 3.8) is 0 Å². The van der Waals surface area contributed by atoms with E-state index in [0.717, 1.165) is 21.7 Å². The number of aryl methyl sites for hydroxylation is 3. The van der Waals surface area contributed by atoms with Crippen LogP contribution in [0.5, 0.6) is 0 Å². The van der Waals surface area contributed by atoms with Gasteiger partial charge >= 0.3 is 0 Å². The van der Waals surface area contributed by atoms with Crippen molar-refractivity contribution in [3.8, 4) is 0 Å². The van der Waals surface area contributed by atoms with Crippen molar-refractivity contribution >= 4 is 21.6 Å². The highest BCUT2D eigenvalue weighted by Gasteiger charge is 2.13. The predicted molar refractivity (Wildman–Crippen MR) is 79.1 cm³/mol. The van der Waals surface area contributed by atoms with Crippen LogP contribution in [0.2, 0.25) is 0 Å².